The summed E-state index contributed by atoms with van der Waals surface area (Å²) >= 11 is 0. The van der Waals surface area contributed by atoms with E-state index in [2.05, 4.69) is 27.8 Å². The molecule has 2 fully saturated rings. The van der Waals surface area contributed by atoms with Gasteiger partial charge in [0.25, 0.3) is 5.91 Å². The van der Waals surface area contributed by atoms with Crippen LogP contribution in [0.1, 0.15) is 41.6 Å². The number of nitrogens with zero attached hydrogens (tertiary/aromatic N) is 4. The van der Waals surface area contributed by atoms with E-state index in [4.69, 9.17) is 14.8 Å². The van der Waals surface area contributed by atoms with Crippen molar-refractivity contribution in [2.75, 3.05) is 25.1 Å². The normalized spacial score (nSPS) is 16.2. The SMILES string of the molecule is Cc1cc(-c2cnn3c(NCC4CCOCC4)cc(-c4ccncc4)nc23)ccc1C(=O)NC1CC1. The number of fused-ring (bicyclic) bond motifs is 1. The molecule has 1 aromatic carbocycles. The van der Waals surface area contributed by atoms with Gasteiger partial charge in [0.15, 0.2) is 5.65 Å². The van der Waals surface area contributed by atoms with Gasteiger partial charge in [-0.15, -0.1) is 0 Å². The lowest BCUT2D eigenvalue weighted by Gasteiger charge is -2.23. The molecule has 8 heteroatoms. The molecule has 0 spiro atoms. The zero-order valence-corrected chi connectivity index (χ0v) is 20.4. The third-order valence-electron chi connectivity index (χ3n) is 7.06. The van der Waals surface area contributed by atoms with E-state index < -0.39 is 0 Å². The van der Waals surface area contributed by atoms with Gasteiger partial charge in [0, 0.05) is 61.0 Å². The summed E-state index contributed by atoms with van der Waals surface area (Å²) in [6.07, 6.45) is 9.68. The largest absolute Gasteiger partial charge is 0.381 e. The van der Waals surface area contributed by atoms with Crippen LogP contribution in [0.4, 0.5) is 5.82 Å². The summed E-state index contributed by atoms with van der Waals surface area (Å²) in [4.78, 5) is 21.8. The van der Waals surface area contributed by atoms with E-state index in [-0.39, 0.29) is 5.91 Å². The van der Waals surface area contributed by atoms with Crippen LogP contribution in [0.15, 0.2) is 55.0 Å². The Morgan fingerprint density at radius 3 is 2.61 bits per heavy atom. The van der Waals surface area contributed by atoms with Crippen molar-refractivity contribution in [2.24, 2.45) is 5.92 Å². The van der Waals surface area contributed by atoms with Crippen LogP contribution < -0.4 is 10.6 Å². The number of carbonyl (C=O) groups excluding carboxylic acids is 1. The Hall–Kier alpha value is -3.78. The van der Waals surface area contributed by atoms with E-state index in [0.29, 0.717) is 17.5 Å². The number of ether oxygens (including phenoxy) is 1. The van der Waals surface area contributed by atoms with Crippen molar-refractivity contribution in [2.45, 2.75) is 38.6 Å². The van der Waals surface area contributed by atoms with Crippen molar-refractivity contribution in [1.29, 1.82) is 0 Å². The predicted octanol–water partition coefficient (Wildman–Crippen LogP) is 4.50. The fraction of sp³-hybridized carbons (Fsp3) is 0.357. The number of nitrogens with one attached hydrogen (secondary N) is 2. The van der Waals surface area contributed by atoms with E-state index in [1.54, 1.807) is 12.4 Å². The smallest absolute Gasteiger partial charge is 0.251 e. The molecule has 0 unspecified atom stereocenters. The van der Waals surface area contributed by atoms with E-state index in [0.717, 1.165) is 84.9 Å². The van der Waals surface area contributed by atoms with E-state index in [1.807, 2.05) is 41.9 Å². The molecular formula is C28H30N6O2. The first-order chi connectivity index (χ1) is 17.7. The van der Waals surface area contributed by atoms with Crippen LogP contribution in [0.2, 0.25) is 0 Å². The molecule has 0 radical (unpaired) electrons. The van der Waals surface area contributed by atoms with Gasteiger partial charge in [-0.05, 0) is 67.9 Å². The lowest BCUT2D eigenvalue weighted by molar-refractivity contribution is 0.0699. The third-order valence-corrected chi connectivity index (χ3v) is 7.06. The summed E-state index contributed by atoms with van der Waals surface area (Å²) in [6, 6.07) is 12.3. The van der Waals surface area contributed by atoms with Crippen LogP contribution in [0.3, 0.4) is 0 Å². The first-order valence-corrected chi connectivity index (χ1v) is 12.7. The average molecular weight is 483 g/mol. The number of hydrogen-bond donors (Lipinski definition) is 2. The molecule has 1 aliphatic heterocycles. The van der Waals surface area contributed by atoms with Crippen molar-refractivity contribution in [1.82, 2.24) is 24.9 Å². The van der Waals surface area contributed by atoms with Crippen molar-refractivity contribution in [3.05, 3.63) is 66.1 Å². The highest BCUT2D eigenvalue weighted by Crippen LogP contribution is 2.30. The molecule has 3 aromatic heterocycles. The first kappa shape index (κ1) is 22.7. The first-order valence-electron chi connectivity index (χ1n) is 12.7. The van der Waals surface area contributed by atoms with Crippen LogP contribution in [0.25, 0.3) is 28.0 Å². The van der Waals surface area contributed by atoms with Gasteiger partial charge in [-0.2, -0.15) is 9.61 Å². The molecule has 0 atom stereocenters. The predicted molar refractivity (Wildman–Crippen MR) is 139 cm³/mol. The quantitative estimate of drug-likeness (QED) is 0.403. The van der Waals surface area contributed by atoms with Crippen LogP contribution in [0.5, 0.6) is 0 Å². The minimum Gasteiger partial charge on any atom is -0.381 e. The summed E-state index contributed by atoms with van der Waals surface area (Å²) in [5, 5.41) is 11.4. The highest BCUT2D eigenvalue weighted by atomic mass is 16.5. The Bertz CT molecular complexity index is 1390. The Kier molecular flexibility index (Phi) is 6.11. The molecule has 4 heterocycles. The minimum atomic E-state index is -0.000823. The number of benzene rings is 1. The zero-order chi connectivity index (χ0) is 24.5. The fourth-order valence-corrected chi connectivity index (χ4v) is 4.74. The van der Waals surface area contributed by atoms with E-state index >= 15 is 0 Å². The van der Waals surface area contributed by atoms with Gasteiger partial charge in [0.2, 0.25) is 0 Å². The number of hydrogen-bond acceptors (Lipinski definition) is 6. The second kappa shape index (κ2) is 9.70. The monoisotopic (exact) mass is 482 g/mol. The molecule has 0 bridgehead atoms. The Morgan fingerprint density at radius 1 is 1.06 bits per heavy atom. The molecule has 6 rings (SSSR count). The fourth-order valence-electron chi connectivity index (χ4n) is 4.74. The highest BCUT2D eigenvalue weighted by Gasteiger charge is 2.25. The molecule has 4 aromatic rings. The molecule has 36 heavy (non-hydrogen) atoms. The minimum absolute atomic E-state index is 0.000823. The van der Waals surface area contributed by atoms with E-state index in [9.17, 15) is 4.79 Å². The third kappa shape index (κ3) is 4.68. The molecule has 1 aliphatic carbocycles. The van der Waals surface area contributed by atoms with Gasteiger partial charge in [0.1, 0.15) is 5.82 Å². The molecule has 184 valence electrons. The van der Waals surface area contributed by atoms with Crippen molar-refractivity contribution in [3.8, 4) is 22.4 Å². The Labute approximate surface area is 210 Å². The Balaban J connectivity index is 1.37. The van der Waals surface area contributed by atoms with Gasteiger partial charge in [-0.25, -0.2) is 4.98 Å². The lowest BCUT2D eigenvalue weighted by Crippen LogP contribution is -2.26. The molecule has 1 saturated carbocycles. The van der Waals surface area contributed by atoms with Gasteiger partial charge in [0.05, 0.1) is 11.9 Å². The van der Waals surface area contributed by atoms with Crippen molar-refractivity contribution >= 4 is 17.4 Å². The standard InChI is InChI=1S/C28H30N6O2/c1-18-14-21(2-5-23(18)28(35)32-22-3-4-22)24-17-31-34-26(30-16-19-8-12-36-13-9-19)15-25(33-27(24)34)20-6-10-29-11-7-20/h2,5-7,10-11,14-15,17,19,22,30H,3-4,8-9,12-13,16H2,1H3,(H,32,35). The van der Waals surface area contributed by atoms with Gasteiger partial charge in [-0.1, -0.05) is 12.1 Å². The van der Waals surface area contributed by atoms with Crippen molar-refractivity contribution in [3.63, 3.8) is 0 Å². The summed E-state index contributed by atoms with van der Waals surface area (Å²) in [5.41, 5.74) is 6.20. The lowest BCUT2D eigenvalue weighted by atomic mass is 10.0. The summed E-state index contributed by atoms with van der Waals surface area (Å²) in [6.45, 7) is 4.48. The van der Waals surface area contributed by atoms with Crippen LogP contribution in [-0.2, 0) is 4.74 Å². The summed E-state index contributed by atoms with van der Waals surface area (Å²) < 4.78 is 7.40. The number of aromatic nitrogens is 4. The maximum atomic E-state index is 12.6. The second-order valence-corrected chi connectivity index (χ2v) is 9.77. The zero-order valence-electron chi connectivity index (χ0n) is 20.4. The van der Waals surface area contributed by atoms with Gasteiger partial charge >= 0.3 is 0 Å². The van der Waals surface area contributed by atoms with Crippen molar-refractivity contribution < 1.29 is 9.53 Å². The number of amides is 1. The number of anilines is 1. The van der Waals surface area contributed by atoms with Gasteiger partial charge < -0.3 is 15.4 Å². The maximum Gasteiger partial charge on any atom is 0.251 e. The molecule has 8 nitrogen and oxygen atoms in total. The molecule has 1 saturated heterocycles. The second-order valence-electron chi connectivity index (χ2n) is 9.77. The highest BCUT2D eigenvalue weighted by molar-refractivity contribution is 5.97. The number of rotatable bonds is 7. The van der Waals surface area contributed by atoms with Gasteiger partial charge in [-0.3, -0.25) is 9.78 Å². The van der Waals surface area contributed by atoms with E-state index in [1.165, 1.54) is 0 Å². The van der Waals surface area contributed by atoms with Crippen LogP contribution in [-0.4, -0.2) is 51.3 Å². The molecule has 2 aliphatic rings. The number of carbonyl (C=O) groups is 1. The molecular weight excluding hydrogens is 452 g/mol. The van der Waals surface area contributed by atoms with Crippen LogP contribution in [0, 0.1) is 12.8 Å². The topological polar surface area (TPSA) is 93.4 Å². The summed E-state index contributed by atoms with van der Waals surface area (Å²) in [7, 11) is 0. The number of aryl methyl sites for hydroxylation is 1. The molecule has 2 N–H and O–H groups in total. The number of pyridine rings is 1. The average Bonchev–Trinajstić information content (AvgIpc) is 3.62. The maximum absolute atomic E-state index is 12.6. The molecule has 1 amide bonds. The van der Waals surface area contributed by atoms with Crippen LogP contribution >= 0.6 is 0 Å². The summed E-state index contributed by atoms with van der Waals surface area (Å²) in [5.74, 6) is 1.47. The Morgan fingerprint density at radius 2 is 1.86 bits per heavy atom.